The lowest BCUT2D eigenvalue weighted by molar-refractivity contribution is -0.139. The van der Waals surface area contributed by atoms with E-state index in [-0.39, 0.29) is 23.1 Å². The largest absolute Gasteiger partial charge is 0.465 e. The molecule has 1 N–H and O–H groups in total. The monoisotopic (exact) mass is 424 g/mol. The zero-order chi connectivity index (χ0) is 22.4. The van der Waals surface area contributed by atoms with Gasteiger partial charge in [-0.3, -0.25) is 4.79 Å². The normalized spacial score (nSPS) is 16.7. The second-order valence-electron chi connectivity index (χ2n) is 7.66. The maximum Gasteiger partial charge on any atom is 0.355 e. The van der Waals surface area contributed by atoms with Crippen LogP contribution in [0.3, 0.4) is 0 Å². The van der Waals surface area contributed by atoms with Crippen LogP contribution in [0.5, 0.6) is 0 Å². The van der Waals surface area contributed by atoms with Crippen LogP contribution in [0.15, 0.2) is 53.9 Å². The van der Waals surface area contributed by atoms with E-state index in [1.165, 1.54) is 20.3 Å². The van der Waals surface area contributed by atoms with Crippen molar-refractivity contribution in [2.24, 2.45) is 5.92 Å². The molecule has 0 radical (unpaired) electrons. The van der Waals surface area contributed by atoms with Crippen LogP contribution in [-0.2, 0) is 23.9 Å². The number of nitrogens with zero attached hydrogens (tertiary/aromatic N) is 1. The third-order valence-electron chi connectivity index (χ3n) is 5.54. The predicted octanol–water partition coefficient (Wildman–Crippen LogP) is 4.00. The van der Waals surface area contributed by atoms with E-state index in [1.54, 1.807) is 23.3 Å². The summed E-state index contributed by atoms with van der Waals surface area (Å²) >= 11 is 0. The Morgan fingerprint density at radius 3 is 2.39 bits per heavy atom. The quantitative estimate of drug-likeness (QED) is 0.719. The van der Waals surface area contributed by atoms with Crippen molar-refractivity contribution < 1.29 is 23.9 Å². The molecule has 31 heavy (non-hydrogen) atoms. The molecule has 1 aromatic rings. The van der Waals surface area contributed by atoms with Gasteiger partial charge < -0.3 is 19.7 Å². The summed E-state index contributed by atoms with van der Waals surface area (Å²) < 4.78 is 9.84. The lowest BCUT2D eigenvalue weighted by Gasteiger charge is -2.27. The van der Waals surface area contributed by atoms with Gasteiger partial charge in [-0.2, -0.15) is 0 Å². The van der Waals surface area contributed by atoms with Crippen LogP contribution >= 0.6 is 0 Å². The molecule has 1 fully saturated rings. The summed E-state index contributed by atoms with van der Waals surface area (Å²) in [7, 11) is 2.51. The van der Waals surface area contributed by atoms with E-state index in [0.717, 1.165) is 37.7 Å². The fourth-order valence-electron chi connectivity index (χ4n) is 3.90. The Morgan fingerprint density at radius 1 is 1.00 bits per heavy atom. The average Bonchev–Trinajstić information content (AvgIpc) is 3.02. The zero-order valence-electron chi connectivity index (χ0n) is 18.1. The summed E-state index contributed by atoms with van der Waals surface area (Å²) in [5.41, 5.74) is 2.12. The minimum absolute atomic E-state index is 0.0121. The first-order valence-electron chi connectivity index (χ1n) is 10.4. The van der Waals surface area contributed by atoms with Gasteiger partial charge >= 0.3 is 11.9 Å². The van der Waals surface area contributed by atoms with E-state index >= 15 is 0 Å². The van der Waals surface area contributed by atoms with Crippen molar-refractivity contribution >= 4 is 29.2 Å². The number of rotatable bonds is 5. The minimum Gasteiger partial charge on any atom is -0.465 e. The molecule has 1 aromatic carbocycles. The highest BCUT2D eigenvalue weighted by Gasteiger charge is 2.29. The molecular formula is C24H28N2O5. The van der Waals surface area contributed by atoms with Crippen LogP contribution in [-0.4, -0.2) is 32.1 Å². The predicted molar refractivity (Wildman–Crippen MR) is 118 cm³/mol. The lowest BCUT2D eigenvalue weighted by Crippen LogP contribution is -2.29. The van der Waals surface area contributed by atoms with Crippen molar-refractivity contribution in [3.8, 4) is 0 Å². The number of benzene rings is 1. The molecule has 0 bridgehead atoms. The summed E-state index contributed by atoms with van der Waals surface area (Å²) in [4.78, 5) is 39.6. The SMILES string of the molecule is COC(=O)C1=C(C(=O)OC)N(c2cc(C)ccc2NC(=O)C2CCCCC2)C=CC=C1. The summed E-state index contributed by atoms with van der Waals surface area (Å²) in [5.74, 6) is -1.41. The second-order valence-corrected chi connectivity index (χ2v) is 7.66. The van der Waals surface area contributed by atoms with Crippen LogP contribution in [0, 0.1) is 12.8 Å². The van der Waals surface area contributed by atoms with Crippen LogP contribution in [0.25, 0.3) is 0 Å². The molecule has 7 nitrogen and oxygen atoms in total. The third-order valence-corrected chi connectivity index (χ3v) is 5.54. The van der Waals surface area contributed by atoms with Crippen LogP contribution < -0.4 is 10.2 Å². The number of ether oxygens (including phenoxy) is 2. The Balaban J connectivity index is 2.06. The minimum atomic E-state index is -0.692. The lowest BCUT2D eigenvalue weighted by atomic mass is 9.88. The highest BCUT2D eigenvalue weighted by atomic mass is 16.5. The van der Waals surface area contributed by atoms with Gasteiger partial charge in [0.05, 0.1) is 31.2 Å². The van der Waals surface area contributed by atoms with Crippen LogP contribution in [0.2, 0.25) is 0 Å². The molecular weight excluding hydrogens is 396 g/mol. The van der Waals surface area contributed by atoms with E-state index < -0.39 is 11.9 Å². The first-order valence-corrected chi connectivity index (χ1v) is 10.4. The van der Waals surface area contributed by atoms with Gasteiger partial charge in [0, 0.05) is 12.1 Å². The standard InChI is InChI=1S/C24H28N2O5/c1-16-12-13-19(25-22(27)17-9-5-4-6-10-17)20(15-16)26-14-8-7-11-18(23(28)30-2)21(26)24(29)31-3/h7-8,11-15,17H,4-6,9-10H2,1-3H3,(H,25,27). The molecule has 0 atom stereocenters. The maximum atomic E-state index is 12.9. The molecule has 1 heterocycles. The number of hydrogen-bond donors (Lipinski definition) is 1. The van der Waals surface area contributed by atoms with Crippen molar-refractivity contribution in [1.29, 1.82) is 0 Å². The third kappa shape index (κ3) is 5.05. The topological polar surface area (TPSA) is 84.9 Å². The summed E-state index contributed by atoms with van der Waals surface area (Å²) in [6.45, 7) is 1.92. The molecule has 0 aromatic heterocycles. The Morgan fingerprint density at radius 2 is 1.71 bits per heavy atom. The van der Waals surface area contributed by atoms with Crippen molar-refractivity contribution in [2.45, 2.75) is 39.0 Å². The van der Waals surface area contributed by atoms with Crippen LogP contribution in [0.4, 0.5) is 11.4 Å². The molecule has 0 saturated heterocycles. The smallest absolute Gasteiger partial charge is 0.355 e. The van der Waals surface area contributed by atoms with Gasteiger partial charge in [0.15, 0.2) is 0 Å². The Hall–Kier alpha value is -3.35. The number of esters is 2. The Bertz CT molecular complexity index is 955. The molecule has 1 aliphatic heterocycles. The molecule has 2 aliphatic rings. The van der Waals surface area contributed by atoms with Crippen LogP contribution in [0.1, 0.15) is 37.7 Å². The Kier molecular flexibility index (Phi) is 7.28. The number of methoxy groups -OCH3 is 2. The number of allylic oxidation sites excluding steroid dienone is 2. The maximum absolute atomic E-state index is 12.9. The number of amides is 1. The number of anilines is 2. The van der Waals surface area contributed by atoms with Gasteiger partial charge in [-0.15, -0.1) is 0 Å². The highest BCUT2D eigenvalue weighted by molar-refractivity contribution is 6.06. The molecule has 7 heteroatoms. The fraction of sp³-hybridized carbons (Fsp3) is 0.375. The van der Waals surface area contributed by atoms with Crippen molar-refractivity contribution in [1.82, 2.24) is 0 Å². The van der Waals surface area contributed by atoms with Crippen molar-refractivity contribution in [3.05, 3.63) is 59.5 Å². The fourth-order valence-corrected chi connectivity index (χ4v) is 3.90. The second kappa shape index (κ2) is 10.1. The van der Waals surface area contributed by atoms with E-state index in [0.29, 0.717) is 11.4 Å². The summed E-state index contributed by atoms with van der Waals surface area (Å²) in [5, 5.41) is 3.03. The van der Waals surface area contributed by atoms with E-state index in [4.69, 9.17) is 9.47 Å². The number of carbonyl (C=O) groups excluding carboxylic acids is 3. The first kappa shape index (κ1) is 22.3. The van der Waals surface area contributed by atoms with Gasteiger partial charge in [-0.05, 0) is 49.6 Å². The van der Waals surface area contributed by atoms with Crippen molar-refractivity contribution in [2.75, 3.05) is 24.4 Å². The molecule has 0 unspecified atom stereocenters. The van der Waals surface area contributed by atoms with Gasteiger partial charge in [0.2, 0.25) is 5.91 Å². The van der Waals surface area contributed by atoms with E-state index in [2.05, 4.69) is 5.32 Å². The number of nitrogens with one attached hydrogen (secondary N) is 1. The van der Waals surface area contributed by atoms with E-state index in [1.807, 2.05) is 25.1 Å². The highest BCUT2D eigenvalue weighted by Crippen LogP contribution is 2.34. The van der Waals surface area contributed by atoms with Gasteiger partial charge in [-0.25, -0.2) is 9.59 Å². The van der Waals surface area contributed by atoms with E-state index in [9.17, 15) is 14.4 Å². The molecule has 3 rings (SSSR count). The first-order chi connectivity index (χ1) is 15.0. The van der Waals surface area contributed by atoms with Gasteiger partial charge in [0.25, 0.3) is 0 Å². The molecule has 1 amide bonds. The number of aryl methyl sites for hydroxylation is 1. The molecule has 1 saturated carbocycles. The molecule has 164 valence electrons. The number of hydrogen-bond acceptors (Lipinski definition) is 6. The van der Waals surface area contributed by atoms with Gasteiger partial charge in [-0.1, -0.05) is 31.4 Å². The Labute approximate surface area is 182 Å². The average molecular weight is 424 g/mol. The van der Waals surface area contributed by atoms with Gasteiger partial charge in [0.1, 0.15) is 5.70 Å². The molecule has 1 aliphatic carbocycles. The zero-order valence-corrected chi connectivity index (χ0v) is 18.1. The van der Waals surface area contributed by atoms with Crippen molar-refractivity contribution in [3.63, 3.8) is 0 Å². The molecule has 0 spiro atoms. The summed E-state index contributed by atoms with van der Waals surface area (Å²) in [6, 6.07) is 5.55. The summed E-state index contributed by atoms with van der Waals surface area (Å²) in [6.07, 6.45) is 11.5. The number of carbonyl (C=O) groups is 3.